The molecule has 0 radical (unpaired) electrons. The maximum absolute atomic E-state index is 11.4. The summed E-state index contributed by atoms with van der Waals surface area (Å²) in [5.41, 5.74) is 0. The van der Waals surface area contributed by atoms with Gasteiger partial charge in [0.2, 0.25) is 0 Å². The van der Waals surface area contributed by atoms with Crippen LogP contribution in [0.4, 0.5) is 0 Å². The van der Waals surface area contributed by atoms with Gasteiger partial charge in [0.1, 0.15) is 0 Å². The molecule has 3 rings (SSSR count). The molecule has 0 amide bonds. The van der Waals surface area contributed by atoms with E-state index in [4.69, 9.17) is 0 Å². The van der Waals surface area contributed by atoms with E-state index < -0.39 is 11.3 Å². The van der Waals surface area contributed by atoms with Crippen LogP contribution in [0.25, 0.3) is 0 Å². The summed E-state index contributed by atoms with van der Waals surface area (Å²) >= 11 is 4.47. The molecule has 0 heterocycles. The Kier molecular flexibility index (Phi) is 8.08. The van der Waals surface area contributed by atoms with Crippen molar-refractivity contribution in [1.29, 1.82) is 0 Å². The third kappa shape index (κ3) is 4.94. The molecular formula is C27H32BrO2P. The van der Waals surface area contributed by atoms with Crippen molar-refractivity contribution in [3.63, 3.8) is 0 Å². The Hall–Kier alpha value is -1.96. The zero-order chi connectivity index (χ0) is 22.2. The van der Waals surface area contributed by atoms with Crippen molar-refractivity contribution >= 4 is 42.7 Å². The summed E-state index contributed by atoms with van der Waals surface area (Å²) in [6.07, 6.45) is 5.48. The molecule has 1 atom stereocenters. The van der Waals surface area contributed by atoms with Crippen molar-refractivity contribution in [1.82, 2.24) is 0 Å². The molecule has 4 heteroatoms. The maximum atomic E-state index is 11.4. The van der Waals surface area contributed by atoms with E-state index in [0.29, 0.717) is 6.42 Å². The van der Waals surface area contributed by atoms with Crippen LogP contribution in [0.3, 0.4) is 0 Å². The molecule has 164 valence electrons. The Bertz CT molecular complexity index is 861. The number of rotatable bonds is 11. The van der Waals surface area contributed by atoms with Gasteiger partial charge in [0.05, 0.1) is 0 Å². The summed E-state index contributed by atoms with van der Waals surface area (Å²) < 4.78 is 0. The summed E-state index contributed by atoms with van der Waals surface area (Å²) in [6, 6.07) is 32.5. The van der Waals surface area contributed by atoms with Crippen molar-refractivity contribution in [3.8, 4) is 0 Å². The van der Waals surface area contributed by atoms with Gasteiger partial charge in [-0.3, -0.25) is 0 Å². The Morgan fingerprint density at radius 3 is 1.55 bits per heavy atom. The molecule has 0 spiro atoms. The van der Waals surface area contributed by atoms with Crippen molar-refractivity contribution in [3.05, 3.63) is 91.0 Å². The average Bonchev–Trinajstić information content (AvgIpc) is 2.83. The van der Waals surface area contributed by atoms with Gasteiger partial charge in [0.15, 0.2) is 0 Å². The van der Waals surface area contributed by atoms with E-state index in [0.717, 1.165) is 31.8 Å². The summed E-state index contributed by atoms with van der Waals surface area (Å²) in [7, 11) is 0. The zero-order valence-corrected chi connectivity index (χ0v) is 20.6. The topological polar surface area (TPSA) is 37.3 Å². The van der Waals surface area contributed by atoms with E-state index in [-0.39, 0.29) is 5.92 Å². The number of hydrogen-bond donors (Lipinski definition) is 1. The summed E-state index contributed by atoms with van der Waals surface area (Å²) in [6.45, 7) is 1.96. The second kappa shape index (κ2) is 10.6. The molecule has 2 nitrogen and oxygen atoms in total. The van der Waals surface area contributed by atoms with E-state index >= 15 is 0 Å². The minimum atomic E-state index is -2.85. The van der Waals surface area contributed by atoms with Gasteiger partial charge in [0.25, 0.3) is 0 Å². The third-order valence-electron chi connectivity index (χ3n) is 6.36. The molecule has 1 unspecified atom stereocenters. The minimum absolute atomic E-state index is 0.225. The Labute approximate surface area is 194 Å². The number of carbonyl (C=O) groups is 1. The molecule has 3 aromatic rings. The predicted octanol–water partition coefficient (Wildman–Crippen LogP) is 6.50. The van der Waals surface area contributed by atoms with Gasteiger partial charge in [0, 0.05) is 0 Å². The predicted molar refractivity (Wildman–Crippen MR) is 139 cm³/mol. The van der Waals surface area contributed by atoms with Crippen molar-refractivity contribution in [2.45, 2.75) is 39.0 Å². The second-order valence-electron chi connectivity index (χ2n) is 8.21. The van der Waals surface area contributed by atoms with Crippen LogP contribution in [0.15, 0.2) is 91.0 Å². The first-order chi connectivity index (χ1) is 15.0. The van der Waals surface area contributed by atoms with Crippen LogP contribution in [0.1, 0.15) is 39.0 Å². The Morgan fingerprint density at radius 2 is 1.19 bits per heavy atom. The molecule has 1 N–H and O–H groups in total. The van der Waals surface area contributed by atoms with Gasteiger partial charge in [-0.1, -0.05) is 0 Å². The summed E-state index contributed by atoms with van der Waals surface area (Å²) in [4.78, 5) is 11.4. The molecule has 0 saturated heterocycles. The van der Waals surface area contributed by atoms with E-state index in [9.17, 15) is 9.90 Å². The molecule has 0 saturated carbocycles. The van der Waals surface area contributed by atoms with Crippen LogP contribution in [0, 0.1) is 5.92 Å². The summed E-state index contributed by atoms with van der Waals surface area (Å²) in [5, 5.41) is 10.5. The average molecular weight is 499 g/mol. The fourth-order valence-electron chi connectivity index (χ4n) is 4.53. The van der Waals surface area contributed by atoms with Crippen molar-refractivity contribution in [2.24, 2.45) is 5.92 Å². The van der Waals surface area contributed by atoms with E-state index in [1.165, 1.54) is 15.9 Å². The number of hydrogen-bond acceptors (Lipinski definition) is 1. The molecule has 0 bridgehead atoms. The van der Waals surface area contributed by atoms with E-state index in [1.54, 1.807) is 0 Å². The fourth-order valence-corrected chi connectivity index (χ4v) is 12.3. The van der Waals surface area contributed by atoms with Crippen molar-refractivity contribution in [2.75, 3.05) is 6.16 Å². The zero-order valence-electron chi connectivity index (χ0n) is 18.2. The van der Waals surface area contributed by atoms with Gasteiger partial charge in [-0.05, 0) is 0 Å². The first kappa shape index (κ1) is 23.7. The number of halogens is 1. The molecule has 0 aromatic heterocycles. The number of carboxylic acids is 1. The SMILES string of the molecule is CCC(CCCCCP(Br)(c1ccccc1)(c1ccccc1)c1ccccc1)C(=O)O. The monoisotopic (exact) mass is 498 g/mol. The third-order valence-corrected chi connectivity index (χ3v) is 16.4. The van der Waals surface area contributed by atoms with E-state index in [1.807, 2.05) is 6.92 Å². The first-order valence-electron chi connectivity index (χ1n) is 11.1. The second-order valence-corrected chi connectivity index (χ2v) is 17.3. The van der Waals surface area contributed by atoms with E-state index in [2.05, 4.69) is 106 Å². The molecular weight excluding hydrogens is 467 g/mol. The Morgan fingerprint density at radius 1 is 0.774 bits per heavy atom. The van der Waals surface area contributed by atoms with Gasteiger partial charge in [-0.25, -0.2) is 0 Å². The number of aliphatic carboxylic acids is 1. The van der Waals surface area contributed by atoms with Crippen LogP contribution in [-0.4, -0.2) is 17.2 Å². The van der Waals surface area contributed by atoms with Crippen LogP contribution >= 0.6 is 20.8 Å². The number of carboxylic acid groups (broad SMARTS) is 1. The van der Waals surface area contributed by atoms with Crippen LogP contribution < -0.4 is 15.9 Å². The normalized spacial score (nSPS) is 13.8. The number of unbranched alkanes of at least 4 members (excludes halogenated alkanes) is 2. The van der Waals surface area contributed by atoms with Crippen LogP contribution in [0.5, 0.6) is 0 Å². The van der Waals surface area contributed by atoms with Gasteiger partial charge in [-0.15, -0.1) is 0 Å². The molecule has 0 aliphatic rings. The Balaban J connectivity index is 1.98. The molecule has 3 aromatic carbocycles. The van der Waals surface area contributed by atoms with Gasteiger partial charge >= 0.3 is 195 Å². The molecule has 0 aliphatic carbocycles. The molecule has 31 heavy (non-hydrogen) atoms. The first-order valence-corrected chi connectivity index (χ1v) is 15.6. The molecule has 0 aliphatic heterocycles. The fraction of sp³-hybridized carbons (Fsp3) is 0.296. The quantitative estimate of drug-likeness (QED) is 0.242. The van der Waals surface area contributed by atoms with Gasteiger partial charge < -0.3 is 0 Å². The van der Waals surface area contributed by atoms with Crippen LogP contribution in [0.2, 0.25) is 0 Å². The van der Waals surface area contributed by atoms with Crippen LogP contribution in [-0.2, 0) is 4.79 Å². The standard InChI is InChI=1S/C27H32BrO2P/c1-2-23(27(29)30)15-7-6-14-22-31(28,24-16-8-3-9-17-24,25-18-10-4-11-19-25)26-20-12-5-13-21-26/h3-5,8-13,16-21,23H,2,6-7,14-15,22H2,1H3,(H,29,30). The van der Waals surface area contributed by atoms with Crippen molar-refractivity contribution < 1.29 is 9.90 Å². The van der Waals surface area contributed by atoms with Gasteiger partial charge in [-0.2, -0.15) is 0 Å². The number of benzene rings is 3. The summed E-state index contributed by atoms with van der Waals surface area (Å²) in [5.74, 6) is -0.892. The molecule has 0 fully saturated rings.